The highest BCUT2D eigenvalue weighted by atomic mass is 32.1. The summed E-state index contributed by atoms with van der Waals surface area (Å²) in [5.74, 6) is -1.38. The van der Waals surface area contributed by atoms with Crippen LogP contribution in [0.1, 0.15) is 40.9 Å². The molecule has 0 fully saturated rings. The van der Waals surface area contributed by atoms with Crippen molar-refractivity contribution in [1.29, 1.82) is 0 Å². The van der Waals surface area contributed by atoms with Crippen molar-refractivity contribution >= 4 is 69.5 Å². The molecule has 246 valence electrons. The first kappa shape index (κ1) is 34.0. The monoisotopic (exact) mass is 659 g/mol. The number of carbonyl (C=O) groups excluding carboxylic acids is 1. The molecule has 17 heteroatoms. The van der Waals surface area contributed by atoms with E-state index >= 15 is 0 Å². The van der Waals surface area contributed by atoms with Gasteiger partial charge in [0.05, 0.1) is 25.0 Å². The van der Waals surface area contributed by atoms with E-state index in [-0.39, 0.29) is 24.1 Å². The third-order valence-corrected chi connectivity index (χ3v) is 7.18. The molecule has 1 atom stereocenters. The van der Waals surface area contributed by atoms with Gasteiger partial charge in [0.15, 0.2) is 28.1 Å². The molecule has 2 aromatic carbocycles. The number of thiocarbonyl (C=S) groups is 1. The summed E-state index contributed by atoms with van der Waals surface area (Å²) < 4.78 is 0. The van der Waals surface area contributed by atoms with Crippen LogP contribution in [0.2, 0.25) is 0 Å². The summed E-state index contributed by atoms with van der Waals surface area (Å²) in [5.41, 5.74) is 26.5. The lowest BCUT2D eigenvalue weighted by Crippen LogP contribution is -2.40. The molecular weight excluding hydrogens is 622 g/mol. The number of carbonyl (C=O) groups is 2. The summed E-state index contributed by atoms with van der Waals surface area (Å²) in [6.45, 7) is 1.32. The largest absolute Gasteiger partial charge is 0.480 e. The molecule has 0 bridgehead atoms. The van der Waals surface area contributed by atoms with Gasteiger partial charge in [-0.25, -0.2) is 19.8 Å². The summed E-state index contributed by atoms with van der Waals surface area (Å²) in [5, 5.41) is 18.9. The Morgan fingerprint density at radius 2 is 1.74 bits per heavy atom. The predicted octanol–water partition coefficient (Wildman–Crippen LogP) is 1.33. The minimum Gasteiger partial charge on any atom is -0.480 e. The number of carboxylic acids is 1. The van der Waals surface area contributed by atoms with Crippen molar-refractivity contribution in [3.8, 4) is 0 Å². The minimum absolute atomic E-state index is 0.0247. The normalized spacial score (nSPS) is 11.3. The number of nitrogen functional groups attached to an aromatic ring is 2. The molecule has 0 saturated carbocycles. The van der Waals surface area contributed by atoms with E-state index in [9.17, 15) is 14.7 Å². The Labute approximate surface area is 276 Å². The number of nitrogens with zero attached hydrogens (tertiary/aromatic N) is 6. The number of aromatic nitrogens is 4. The van der Waals surface area contributed by atoms with Crippen molar-refractivity contribution in [3.05, 3.63) is 71.5 Å². The topological polar surface area (TPSA) is 262 Å². The molecule has 0 aliphatic rings. The third kappa shape index (κ3) is 10.1. The number of carboxylic acid groups (broad SMARTS) is 1. The fraction of sp³-hybridized carbons (Fsp3) is 0.267. The molecule has 2 heterocycles. The van der Waals surface area contributed by atoms with E-state index in [1.165, 1.54) is 0 Å². The second kappa shape index (κ2) is 15.9. The summed E-state index contributed by atoms with van der Waals surface area (Å²) >= 11 is 5.34. The Morgan fingerprint density at radius 1 is 1.02 bits per heavy atom. The first-order valence-electron chi connectivity index (χ1n) is 14.6. The van der Waals surface area contributed by atoms with E-state index in [0.29, 0.717) is 60.0 Å². The van der Waals surface area contributed by atoms with Crippen molar-refractivity contribution in [1.82, 2.24) is 30.6 Å². The van der Waals surface area contributed by atoms with Gasteiger partial charge in [-0.3, -0.25) is 4.79 Å². The van der Waals surface area contributed by atoms with Crippen molar-refractivity contribution in [2.75, 3.05) is 35.3 Å². The van der Waals surface area contributed by atoms with Gasteiger partial charge in [0.1, 0.15) is 6.04 Å². The second-order valence-corrected chi connectivity index (χ2v) is 11.0. The first-order chi connectivity index (χ1) is 22.5. The van der Waals surface area contributed by atoms with Gasteiger partial charge in [0.25, 0.3) is 5.91 Å². The molecule has 0 spiro atoms. The molecule has 0 aliphatic heterocycles. The van der Waals surface area contributed by atoms with Crippen LogP contribution in [0.4, 0.5) is 23.1 Å². The molecule has 0 saturated heterocycles. The van der Waals surface area contributed by atoms with Gasteiger partial charge in [-0.05, 0) is 73.4 Å². The molecule has 16 nitrogen and oxygen atoms in total. The number of aliphatic carboxylic acids is 1. The van der Waals surface area contributed by atoms with E-state index in [4.69, 9.17) is 35.2 Å². The Kier molecular flexibility index (Phi) is 11.5. The molecule has 1 unspecified atom stereocenters. The molecule has 47 heavy (non-hydrogen) atoms. The SMILES string of the molecule is CN(Cc1cnc2nc(N)nc(N)c2n1)c1ccc(C(=O)NC(CCCCNC(=S)Nc2ccc(CN=C(N)N)cc2)C(=O)O)cc1. The van der Waals surface area contributed by atoms with E-state index < -0.39 is 17.9 Å². The van der Waals surface area contributed by atoms with Crippen LogP contribution in [0.5, 0.6) is 0 Å². The molecule has 4 aromatic rings. The van der Waals surface area contributed by atoms with Crippen molar-refractivity contribution in [2.45, 2.75) is 38.4 Å². The Bertz CT molecular complexity index is 1750. The third-order valence-electron chi connectivity index (χ3n) is 6.94. The van der Waals surface area contributed by atoms with E-state index in [1.54, 1.807) is 30.5 Å². The highest BCUT2D eigenvalue weighted by Gasteiger charge is 2.20. The number of unbranched alkanes of at least 4 members (excludes halogenated alkanes) is 1. The quantitative estimate of drug-likeness (QED) is 0.0411. The number of rotatable bonds is 14. The van der Waals surface area contributed by atoms with Crippen LogP contribution in [-0.2, 0) is 17.9 Å². The lowest BCUT2D eigenvalue weighted by atomic mass is 10.1. The first-order valence-corrected chi connectivity index (χ1v) is 15.0. The van der Waals surface area contributed by atoms with Crippen LogP contribution >= 0.6 is 12.2 Å². The zero-order valence-corrected chi connectivity index (χ0v) is 26.5. The molecule has 0 radical (unpaired) electrons. The van der Waals surface area contributed by atoms with E-state index in [1.807, 2.05) is 36.2 Å². The Morgan fingerprint density at radius 3 is 2.43 bits per heavy atom. The highest BCUT2D eigenvalue weighted by Crippen LogP contribution is 2.19. The van der Waals surface area contributed by atoms with Crippen LogP contribution in [0.3, 0.4) is 0 Å². The lowest BCUT2D eigenvalue weighted by molar-refractivity contribution is -0.139. The number of nitrogens with one attached hydrogen (secondary N) is 3. The van der Waals surface area contributed by atoms with Crippen molar-refractivity contribution < 1.29 is 14.7 Å². The van der Waals surface area contributed by atoms with Gasteiger partial charge in [-0.1, -0.05) is 12.1 Å². The molecule has 0 aliphatic carbocycles. The zero-order valence-electron chi connectivity index (χ0n) is 25.7. The average molecular weight is 660 g/mol. The van der Waals surface area contributed by atoms with Gasteiger partial charge in [0, 0.05) is 30.5 Å². The van der Waals surface area contributed by atoms with Crippen LogP contribution in [0, 0.1) is 0 Å². The number of hydrogen-bond donors (Lipinski definition) is 8. The van der Waals surface area contributed by atoms with E-state index in [2.05, 4.69) is 40.9 Å². The van der Waals surface area contributed by atoms with Crippen LogP contribution < -0.4 is 43.8 Å². The molecule has 12 N–H and O–H groups in total. The maximum Gasteiger partial charge on any atom is 0.326 e. The standard InChI is InChI=1S/C30H37N13O3S/c1-43(16-20-15-36-25-23(38-20)24(31)41-29(34)42-25)21-11-7-18(8-12-21)26(44)40-22(27(45)46)4-2-3-13-35-30(47)39-19-9-5-17(6-10-19)14-37-28(32)33/h5-12,15,22H,2-4,13-14,16H2,1H3,(H,40,44)(H,45,46)(H4,32,33,37)(H2,35,39,47)(H4,31,34,36,41,42). The second-order valence-electron chi connectivity index (χ2n) is 10.6. The maximum atomic E-state index is 12.9. The highest BCUT2D eigenvalue weighted by molar-refractivity contribution is 7.80. The van der Waals surface area contributed by atoms with Gasteiger partial charge in [0.2, 0.25) is 5.95 Å². The summed E-state index contributed by atoms with van der Waals surface area (Å²) in [6.07, 6.45) is 3.04. The van der Waals surface area contributed by atoms with Crippen molar-refractivity contribution in [3.63, 3.8) is 0 Å². The maximum absolute atomic E-state index is 12.9. The number of nitrogens with two attached hydrogens (primary N) is 4. The molecule has 1 amide bonds. The van der Waals surface area contributed by atoms with Gasteiger partial charge in [-0.15, -0.1) is 0 Å². The fourth-order valence-electron chi connectivity index (χ4n) is 4.49. The fourth-order valence-corrected chi connectivity index (χ4v) is 4.71. The summed E-state index contributed by atoms with van der Waals surface area (Å²) in [6, 6.07) is 13.3. The molecule has 2 aromatic heterocycles. The number of benzene rings is 2. The van der Waals surface area contributed by atoms with E-state index in [0.717, 1.165) is 16.9 Å². The number of amides is 1. The van der Waals surface area contributed by atoms with Crippen LogP contribution in [0.15, 0.2) is 59.7 Å². The number of guanidine groups is 1. The Balaban J connectivity index is 1.20. The van der Waals surface area contributed by atoms with Crippen molar-refractivity contribution in [2.24, 2.45) is 16.5 Å². The Hall–Kier alpha value is -5.84. The van der Waals surface area contributed by atoms with Crippen LogP contribution in [-0.4, -0.2) is 67.6 Å². The summed E-state index contributed by atoms with van der Waals surface area (Å²) in [4.78, 5) is 47.3. The smallest absolute Gasteiger partial charge is 0.326 e. The van der Waals surface area contributed by atoms with Gasteiger partial charge in [-0.2, -0.15) is 9.97 Å². The number of fused-ring (bicyclic) bond motifs is 1. The molecule has 4 rings (SSSR count). The van der Waals surface area contributed by atoms with Gasteiger partial charge < -0.3 is 48.9 Å². The predicted molar refractivity (Wildman–Crippen MR) is 185 cm³/mol. The van der Waals surface area contributed by atoms with Crippen LogP contribution in [0.25, 0.3) is 11.2 Å². The lowest BCUT2D eigenvalue weighted by Gasteiger charge is -2.19. The summed E-state index contributed by atoms with van der Waals surface area (Å²) in [7, 11) is 1.86. The zero-order chi connectivity index (χ0) is 33.9. The number of aliphatic imine (C=N–C) groups is 1. The minimum atomic E-state index is -1.10. The number of hydrogen-bond acceptors (Lipinski definition) is 11. The molecular formula is C30H37N13O3S. The van der Waals surface area contributed by atoms with Gasteiger partial charge >= 0.3 is 5.97 Å². The number of anilines is 4. The average Bonchev–Trinajstić information content (AvgIpc) is 3.03.